The molecule has 0 aromatic heterocycles. The van der Waals surface area contributed by atoms with Crippen molar-refractivity contribution < 1.29 is 19.1 Å². The number of carbonyl (C=O) groups excluding carboxylic acids is 2. The summed E-state index contributed by atoms with van der Waals surface area (Å²) in [5.74, 6) is -0.512. The topological polar surface area (TPSA) is 52.6 Å². The standard InChI is InChI=1S/C23H28O4/c1-16(2)15-20(26-22(24)18-11-7-5-8-12-18)21(17(3)4)27-23(25)19-13-9-6-10-14-19/h5-14,16-17,20-21H,15H2,1-4H3. The molecule has 2 aromatic carbocycles. The zero-order valence-corrected chi connectivity index (χ0v) is 16.4. The van der Waals surface area contributed by atoms with E-state index >= 15 is 0 Å². The third-order valence-electron chi connectivity index (χ3n) is 4.25. The average molecular weight is 368 g/mol. The molecule has 0 N–H and O–H groups in total. The summed E-state index contributed by atoms with van der Waals surface area (Å²) >= 11 is 0. The molecular weight excluding hydrogens is 340 g/mol. The van der Waals surface area contributed by atoms with Crippen LogP contribution in [0.3, 0.4) is 0 Å². The van der Waals surface area contributed by atoms with Crippen LogP contribution in [0.1, 0.15) is 54.8 Å². The first-order chi connectivity index (χ1) is 12.9. The highest BCUT2D eigenvalue weighted by Gasteiger charge is 2.32. The maximum Gasteiger partial charge on any atom is 0.338 e. The van der Waals surface area contributed by atoms with Crippen LogP contribution in [0.4, 0.5) is 0 Å². The minimum Gasteiger partial charge on any atom is -0.455 e. The number of rotatable bonds is 8. The third-order valence-corrected chi connectivity index (χ3v) is 4.25. The highest BCUT2D eigenvalue weighted by Crippen LogP contribution is 2.23. The number of ether oxygens (including phenoxy) is 2. The van der Waals surface area contributed by atoms with E-state index in [0.29, 0.717) is 17.5 Å². The average Bonchev–Trinajstić information content (AvgIpc) is 2.66. The molecule has 0 heterocycles. The van der Waals surface area contributed by atoms with E-state index in [-0.39, 0.29) is 11.8 Å². The van der Waals surface area contributed by atoms with Crippen LogP contribution in [-0.4, -0.2) is 24.1 Å². The van der Waals surface area contributed by atoms with Crippen LogP contribution in [0.2, 0.25) is 0 Å². The van der Waals surface area contributed by atoms with Crippen molar-refractivity contribution in [3.8, 4) is 0 Å². The van der Waals surface area contributed by atoms with Crippen molar-refractivity contribution in [1.82, 2.24) is 0 Å². The summed E-state index contributed by atoms with van der Waals surface area (Å²) in [5.41, 5.74) is 0.976. The summed E-state index contributed by atoms with van der Waals surface area (Å²) in [4.78, 5) is 25.1. The second-order valence-electron chi connectivity index (χ2n) is 7.42. The molecule has 144 valence electrons. The fourth-order valence-electron chi connectivity index (χ4n) is 2.90. The van der Waals surface area contributed by atoms with E-state index in [1.165, 1.54) is 0 Å². The molecule has 0 aliphatic rings. The maximum atomic E-state index is 12.6. The van der Waals surface area contributed by atoms with Crippen LogP contribution in [0.25, 0.3) is 0 Å². The first-order valence-corrected chi connectivity index (χ1v) is 9.40. The molecule has 2 aromatic rings. The van der Waals surface area contributed by atoms with Crippen LogP contribution in [-0.2, 0) is 9.47 Å². The van der Waals surface area contributed by atoms with Gasteiger partial charge in [0.05, 0.1) is 11.1 Å². The Bertz CT molecular complexity index is 723. The van der Waals surface area contributed by atoms with Gasteiger partial charge in [0.25, 0.3) is 0 Å². The number of hydrogen-bond acceptors (Lipinski definition) is 4. The molecule has 2 rings (SSSR count). The molecule has 4 heteroatoms. The number of carbonyl (C=O) groups is 2. The van der Waals surface area contributed by atoms with Crippen LogP contribution >= 0.6 is 0 Å². The normalized spacial score (nSPS) is 13.3. The van der Waals surface area contributed by atoms with Crippen molar-refractivity contribution in [2.45, 2.75) is 46.3 Å². The Kier molecular flexibility index (Phi) is 7.59. The molecule has 2 atom stereocenters. The Labute approximate surface area is 161 Å². The van der Waals surface area contributed by atoms with Crippen molar-refractivity contribution in [2.24, 2.45) is 11.8 Å². The second kappa shape index (κ2) is 9.91. The van der Waals surface area contributed by atoms with E-state index in [0.717, 1.165) is 0 Å². The van der Waals surface area contributed by atoms with Crippen LogP contribution in [0, 0.1) is 11.8 Å². The van der Waals surface area contributed by atoms with Gasteiger partial charge >= 0.3 is 11.9 Å². The predicted molar refractivity (Wildman–Crippen MR) is 106 cm³/mol. The molecule has 0 aliphatic heterocycles. The zero-order chi connectivity index (χ0) is 19.8. The molecule has 0 bridgehead atoms. The number of hydrogen-bond donors (Lipinski definition) is 0. The molecule has 0 spiro atoms. The van der Waals surface area contributed by atoms with E-state index in [2.05, 4.69) is 13.8 Å². The van der Waals surface area contributed by atoms with E-state index in [1.807, 2.05) is 26.0 Å². The largest absolute Gasteiger partial charge is 0.455 e. The van der Waals surface area contributed by atoms with Gasteiger partial charge in [0, 0.05) is 0 Å². The summed E-state index contributed by atoms with van der Waals surface area (Å²) in [6, 6.07) is 17.7. The monoisotopic (exact) mass is 368 g/mol. The molecule has 27 heavy (non-hydrogen) atoms. The Hall–Kier alpha value is -2.62. The van der Waals surface area contributed by atoms with E-state index in [1.54, 1.807) is 48.5 Å². The molecule has 0 aliphatic carbocycles. The Morgan fingerprint density at radius 2 is 1.19 bits per heavy atom. The van der Waals surface area contributed by atoms with Gasteiger partial charge in [-0.15, -0.1) is 0 Å². The summed E-state index contributed by atoms with van der Waals surface area (Å²) in [6.45, 7) is 8.04. The van der Waals surface area contributed by atoms with Gasteiger partial charge in [-0.2, -0.15) is 0 Å². The van der Waals surface area contributed by atoms with Crippen molar-refractivity contribution in [1.29, 1.82) is 0 Å². The third kappa shape index (κ3) is 6.24. The smallest absolute Gasteiger partial charge is 0.338 e. The first-order valence-electron chi connectivity index (χ1n) is 9.40. The summed E-state index contributed by atoms with van der Waals surface area (Å²) in [7, 11) is 0. The first kappa shape index (κ1) is 20.7. The highest BCUT2D eigenvalue weighted by atomic mass is 16.6. The molecule has 0 amide bonds. The summed E-state index contributed by atoms with van der Waals surface area (Å²) < 4.78 is 11.6. The molecule has 0 saturated carbocycles. The Morgan fingerprint density at radius 1 is 0.741 bits per heavy atom. The molecule has 2 unspecified atom stereocenters. The zero-order valence-electron chi connectivity index (χ0n) is 16.4. The van der Waals surface area contributed by atoms with Gasteiger partial charge in [-0.05, 0) is 42.5 Å². The lowest BCUT2D eigenvalue weighted by molar-refractivity contribution is -0.0572. The lowest BCUT2D eigenvalue weighted by Crippen LogP contribution is -2.40. The maximum absolute atomic E-state index is 12.6. The van der Waals surface area contributed by atoms with E-state index in [9.17, 15) is 9.59 Å². The van der Waals surface area contributed by atoms with Gasteiger partial charge in [0.2, 0.25) is 0 Å². The lowest BCUT2D eigenvalue weighted by atomic mass is 9.94. The van der Waals surface area contributed by atoms with Gasteiger partial charge in [0.1, 0.15) is 12.2 Å². The predicted octanol–water partition coefficient (Wildman–Crippen LogP) is 5.14. The highest BCUT2D eigenvalue weighted by molar-refractivity contribution is 5.90. The molecule has 0 saturated heterocycles. The second-order valence-corrected chi connectivity index (χ2v) is 7.42. The summed E-state index contributed by atoms with van der Waals surface area (Å²) in [5, 5.41) is 0. The SMILES string of the molecule is CC(C)CC(OC(=O)c1ccccc1)C(OC(=O)c1ccccc1)C(C)C. The van der Waals surface area contributed by atoms with Crippen LogP contribution in [0.5, 0.6) is 0 Å². The lowest BCUT2D eigenvalue weighted by Gasteiger charge is -2.30. The van der Waals surface area contributed by atoms with Gasteiger partial charge in [-0.1, -0.05) is 64.1 Å². The van der Waals surface area contributed by atoms with Crippen LogP contribution in [0.15, 0.2) is 60.7 Å². The van der Waals surface area contributed by atoms with Gasteiger partial charge in [0.15, 0.2) is 0 Å². The quantitative estimate of drug-likeness (QED) is 0.606. The fraction of sp³-hybridized carbons (Fsp3) is 0.391. The fourth-order valence-corrected chi connectivity index (χ4v) is 2.90. The molecule has 4 nitrogen and oxygen atoms in total. The molecular formula is C23H28O4. The summed E-state index contributed by atoms with van der Waals surface area (Å²) in [6.07, 6.45) is -0.415. The number of esters is 2. The van der Waals surface area contributed by atoms with Crippen molar-refractivity contribution in [3.05, 3.63) is 71.8 Å². The number of benzene rings is 2. The van der Waals surface area contributed by atoms with Crippen molar-refractivity contribution in [2.75, 3.05) is 0 Å². The molecule has 0 fully saturated rings. The Morgan fingerprint density at radius 3 is 1.59 bits per heavy atom. The van der Waals surface area contributed by atoms with Crippen LogP contribution < -0.4 is 0 Å². The van der Waals surface area contributed by atoms with Gasteiger partial charge in [-0.3, -0.25) is 0 Å². The van der Waals surface area contributed by atoms with Gasteiger partial charge in [-0.25, -0.2) is 9.59 Å². The molecule has 0 radical (unpaired) electrons. The van der Waals surface area contributed by atoms with Crippen molar-refractivity contribution >= 4 is 11.9 Å². The minimum atomic E-state index is -0.521. The van der Waals surface area contributed by atoms with E-state index < -0.39 is 24.1 Å². The Balaban J connectivity index is 2.19. The van der Waals surface area contributed by atoms with Gasteiger partial charge < -0.3 is 9.47 Å². The van der Waals surface area contributed by atoms with E-state index in [4.69, 9.17) is 9.47 Å². The minimum absolute atomic E-state index is 0.00462. The van der Waals surface area contributed by atoms with Crippen molar-refractivity contribution in [3.63, 3.8) is 0 Å².